The summed E-state index contributed by atoms with van der Waals surface area (Å²) in [6.45, 7) is 5.21. The highest BCUT2D eigenvalue weighted by molar-refractivity contribution is 5.93. The zero-order valence-electron chi connectivity index (χ0n) is 14.5. The zero-order valence-corrected chi connectivity index (χ0v) is 14.5. The molecule has 0 amide bonds. The number of aromatic amines is 1. The van der Waals surface area contributed by atoms with Gasteiger partial charge in [0.15, 0.2) is 0 Å². The summed E-state index contributed by atoms with van der Waals surface area (Å²) in [7, 11) is 0. The van der Waals surface area contributed by atoms with Gasteiger partial charge in [0.05, 0.1) is 17.2 Å². The number of pyridine rings is 1. The molecular weight excluding hydrogens is 338 g/mol. The minimum atomic E-state index is -0.707. The van der Waals surface area contributed by atoms with Crippen molar-refractivity contribution < 1.29 is 19.2 Å². The molecule has 0 aliphatic carbocycles. The van der Waals surface area contributed by atoms with Gasteiger partial charge in [-0.25, -0.2) is 9.78 Å². The number of nitrogens with one attached hydrogen (secondary N) is 1. The number of hydrogen-bond acceptors (Lipinski definition) is 6. The molecule has 0 saturated heterocycles. The van der Waals surface area contributed by atoms with E-state index in [0.29, 0.717) is 11.4 Å². The molecule has 1 N–H and O–H groups in total. The van der Waals surface area contributed by atoms with Crippen LogP contribution < -0.4 is 4.74 Å². The summed E-state index contributed by atoms with van der Waals surface area (Å²) in [6.07, 6.45) is 3.21. The molecule has 8 nitrogen and oxygen atoms in total. The molecule has 0 aliphatic rings. The van der Waals surface area contributed by atoms with E-state index in [2.05, 4.69) is 9.97 Å². The Morgan fingerprint density at radius 2 is 2.00 bits per heavy atom. The number of nitro benzene ring substituents is 1. The van der Waals surface area contributed by atoms with Gasteiger partial charge in [-0.05, 0) is 39.0 Å². The molecule has 0 atom stereocenters. The van der Waals surface area contributed by atoms with Crippen molar-refractivity contribution in [2.45, 2.75) is 26.4 Å². The van der Waals surface area contributed by atoms with Crippen LogP contribution in [0, 0.1) is 10.1 Å². The van der Waals surface area contributed by atoms with Gasteiger partial charge in [0.2, 0.25) is 0 Å². The van der Waals surface area contributed by atoms with Gasteiger partial charge >= 0.3 is 5.97 Å². The summed E-state index contributed by atoms with van der Waals surface area (Å²) in [5, 5.41) is 11.9. The van der Waals surface area contributed by atoms with Gasteiger partial charge in [0.1, 0.15) is 28.3 Å². The van der Waals surface area contributed by atoms with Crippen LogP contribution in [0.4, 0.5) is 5.69 Å². The molecule has 0 unspecified atom stereocenters. The van der Waals surface area contributed by atoms with Crippen molar-refractivity contribution in [3.05, 3.63) is 58.4 Å². The number of benzene rings is 1. The summed E-state index contributed by atoms with van der Waals surface area (Å²) in [6, 6.07) is 7.29. The second kappa shape index (κ2) is 6.47. The Balaban J connectivity index is 2.00. The summed E-state index contributed by atoms with van der Waals surface area (Å²) >= 11 is 0. The third-order valence-electron chi connectivity index (χ3n) is 3.40. The number of aromatic nitrogens is 2. The van der Waals surface area contributed by atoms with E-state index in [1.807, 2.05) is 6.07 Å². The van der Waals surface area contributed by atoms with Crippen molar-refractivity contribution in [1.82, 2.24) is 9.97 Å². The van der Waals surface area contributed by atoms with Crippen LogP contribution in [0.2, 0.25) is 0 Å². The maximum atomic E-state index is 12.4. The smallest absolute Gasteiger partial charge is 0.342 e. The first-order valence-corrected chi connectivity index (χ1v) is 7.86. The number of nitrogens with zero attached hydrogens (tertiary/aromatic N) is 2. The van der Waals surface area contributed by atoms with Gasteiger partial charge in [-0.3, -0.25) is 10.1 Å². The van der Waals surface area contributed by atoms with E-state index in [4.69, 9.17) is 9.47 Å². The molecule has 2 aromatic heterocycles. The zero-order chi connectivity index (χ0) is 18.9. The van der Waals surface area contributed by atoms with E-state index in [1.54, 1.807) is 33.0 Å². The summed E-state index contributed by atoms with van der Waals surface area (Å²) < 4.78 is 11.1. The lowest BCUT2D eigenvalue weighted by atomic mass is 10.1. The molecule has 0 bridgehead atoms. The van der Waals surface area contributed by atoms with E-state index >= 15 is 0 Å². The number of carbonyl (C=O) groups excluding carboxylic acids is 1. The van der Waals surface area contributed by atoms with Gasteiger partial charge in [0, 0.05) is 17.6 Å². The van der Waals surface area contributed by atoms with Crippen LogP contribution in [0.3, 0.4) is 0 Å². The van der Waals surface area contributed by atoms with Crippen molar-refractivity contribution in [2.75, 3.05) is 0 Å². The largest absolute Gasteiger partial charge is 0.456 e. The first-order valence-electron chi connectivity index (χ1n) is 7.86. The summed E-state index contributed by atoms with van der Waals surface area (Å²) in [5.41, 5.74) is -0.117. The van der Waals surface area contributed by atoms with Crippen LogP contribution in [0.1, 0.15) is 31.1 Å². The number of nitro groups is 1. The van der Waals surface area contributed by atoms with Gasteiger partial charge < -0.3 is 14.5 Å². The fraction of sp³-hybridized carbons (Fsp3) is 0.222. The molecular formula is C18H17N3O5. The molecule has 1 aromatic carbocycles. The number of fused-ring (bicyclic) bond motifs is 1. The number of rotatable bonds is 4. The molecule has 0 aliphatic heterocycles. The molecule has 3 rings (SSSR count). The van der Waals surface area contributed by atoms with E-state index in [-0.39, 0.29) is 17.0 Å². The van der Waals surface area contributed by atoms with Crippen molar-refractivity contribution in [2.24, 2.45) is 0 Å². The monoisotopic (exact) mass is 355 g/mol. The molecule has 0 spiro atoms. The van der Waals surface area contributed by atoms with Crippen LogP contribution in [0.15, 0.2) is 42.7 Å². The highest BCUT2D eigenvalue weighted by Gasteiger charge is 2.23. The summed E-state index contributed by atoms with van der Waals surface area (Å²) in [5.74, 6) is -0.245. The molecule has 2 heterocycles. The predicted molar refractivity (Wildman–Crippen MR) is 94.4 cm³/mol. The van der Waals surface area contributed by atoms with E-state index in [1.165, 1.54) is 24.4 Å². The van der Waals surface area contributed by atoms with Crippen LogP contribution in [-0.4, -0.2) is 26.5 Å². The number of ether oxygens (including phenoxy) is 2. The number of esters is 1. The number of carbonyl (C=O) groups is 1. The lowest BCUT2D eigenvalue weighted by molar-refractivity contribution is -0.384. The average Bonchev–Trinajstić information content (AvgIpc) is 3.00. The Labute approximate surface area is 148 Å². The normalized spacial score (nSPS) is 11.3. The quantitative estimate of drug-likeness (QED) is 0.426. The third-order valence-corrected chi connectivity index (χ3v) is 3.40. The van der Waals surface area contributed by atoms with Crippen LogP contribution >= 0.6 is 0 Å². The molecule has 8 heteroatoms. The van der Waals surface area contributed by atoms with Crippen molar-refractivity contribution in [3.63, 3.8) is 0 Å². The Kier molecular flexibility index (Phi) is 4.33. The number of hydrogen-bond donors (Lipinski definition) is 1. The molecule has 3 aromatic rings. The minimum absolute atomic E-state index is 0.0325. The Morgan fingerprint density at radius 1 is 1.23 bits per heavy atom. The van der Waals surface area contributed by atoms with Gasteiger partial charge in [-0.2, -0.15) is 0 Å². The summed E-state index contributed by atoms with van der Waals surface area (Å²) in [4.78, 5) is 30.1. The Hall–Kier alpha value is -3.42. The van der Waals surface area contributed by atoms with Crippen LogP contribution in [-0.2, 0) is 4.74 Å². The predicted octanol–water partition coefficient (Wildman–Crippen LogP) is 4.22. The SMILES string of the molecule is CC(C)(C)OC(=O)c1ccc([N+](=O)[O-])cc1Oc1cnc2[nH]ccc2c1. The lowest BCUT2D eigenvalue weighted by Crippen LogP contribution is -2.24. The van der Waals surface area contributed by atoms with E-state index in [9.17, 15) is 14.9 Å². The van der Waals surface area contributed by atoms with Crippen molar-refractivity contribution >= 4 is 22.7 Å². The Bertz CT molecular complexity index is 988. The lowest BCUT2D eigenvalue weighted by Gasteiger charge is -2.20. The van der Waals surface area contributed by atoms with Gasteiger partial charge in [-0.1, -0.05) is 0 Å². The fourth-order valence-corrected chi connectivity index (χ4v) is 2.31. The first kappa shape index (κ1) is 17.4. The topological polar surface area (TPSA) is 107 Å². The standard InChI is InChI=1S/C18H17N3O5/c1-18(2,3)26-17(22)14-5-4-12(21(23)24)9-15(14)25-13-8-11-6-7-19-16(11)20-10-13/h4-10H,1-3H3,(H,19,20). The maximum Gasteiger partial charge on any atom is 0.342 e. The van der Waals surface area contributed by atoms with Gasteiger partial charge in [0.25, 0.3) is 5.69 Å². The fourth-order valence-electron chi connectivity index (χ4n) is 2.31. The first-order chi connectivity index (χ1) is 12.2. The molecule has 0 radical (unpaired) electrons. The second-order valence-corrected chi connectivity index (χ2v) is 6.63. The molecule has 134 valence electrons. The maximum absolute atomic E-state index is 12.4. The average molecular weight is 355 g/mol. The third kappa shape index (κ3) is 3.80. The van der Waals surface area contributed by atoms with Crippen LogP contribution in [0.5, 0.6) is 11.5 Å². The molecule has 0 saturated carbocycles. The highest BCUT2D eigenvalue weighted by Crippen LogP contribution is 2.31. The molecule has 0 fully saturated rings. The highest BCUT2D eigenvalue weighted by atomic mass is 16.6. The second-order valence-electron chi connectivity index (χ2n) is 6.63. The van der Waals surface area contributed by atoms with E-state index in [0.717, 1.165) is 5.39 Å². The van der Waals surface area contributed by atoms with Crippen molar-refractivity contribution in [1.29, 1.82) is 0 Å². The minimum Gasteiger partial charge on any atom is -0.456 e. The van der Waals surface area contributed by atoms with Gasteiger partial charge in [-0.15, -0.1) is 0 Å². The van der Waals surface area contributed by atoms with Crippen molar-refractivity contribution in [3.8, 4) is 11.5 Å². The van der Waals surface area contributed by atoms with Crippen LogP contribution in [0.25, 0.3) is 11.0 Å². The number of H-pyrrole nitrogens is 1. The number of non-ortho nitro benzene ring substituents is 1. The molecule has 26 heavy (non-hydrogen) atoms. The van der Waals surface area contributed by atoms with E-state index < -0.39 is 16.5 Å². The Morgan fingerprint density at radius 3 is 2.69 bits per heavy atom.